The average molecular weight is 263 g/mol. The van der Waals surface area contributed by atoms with Crippen molar-refractivity contribution in [3.63, 3.8) is 0 Å². The van der Waals surface area contributed by atoms with Gasteiger partial charge in [-0.25, -0.2) is 9.07 Å². The van der Waals surface area contributed by atoms with E-state index in [-0.39, 0.29) is 5.82 Å². The van der Waals surface area contributed by atoms with Gasteiger partial charge in [0.2, 0.25) is 0 Å². The molecule has 0 aliphatic heterocycles. The SMILES string of the molecule is CCCCCCn1nnnc1-c1cc(N)cc(F)c1. The van der Waals surface area contributed by atoms with Crippen molar-refractivity contribution in [2.24, 2.45) is 0 Å². The smallest absolute Gasteiger partial charge is 0.182 e. The van der Waals surface area contributed by atoms with Crippen molar-refractivity contribution in [3.8, 4) is 11.4 Å². The van der Waals surface area contributed by atoms with Crippen LogP contribution in [0.3, 0.4) is 0 Å². The minimum atomic E-state index is -0.379. The normalized spacial score (nSPS) is 10.8. The highest BCUT2D eigenvalue weighted by Crippen LogP contribution is 2.20. The molecule has 19 heavy (non-hydrogen) atoms. The molecule has 0 saturated carbocycles. The van der Waals surface area contributed by atoms with Crippen molar-refractivity contribution >= 4 is 5.69 Å². The summed E-state index contributed by atoms with van der Waals surface area (Å²) in [6.07, 6.45) is 4.53. The van der Waals surface area contributed by atoms with Gasteiger partial charge in [-0.05, 0) is 35.0 Å². The van der Waals surface area contributed by atoms with Crippen LogP contribution in [0.15, 0.2) is 18.2 Å². The second-order valence-electron chi connectivity index (χ2n) is 4.56. The topological polar surface area (TPSA) is 69.6 Å². The van der Waals surface area contributed by atoms with Crippen LogP contribution >= 0.6 is 0 Å². The zero-order valence-corrected chi connectivity index (χ0v) is 11.0. The second-order valence-corrected chi connectivity index (χ2v) is 4.56. The van der Waals surface area contributed by atoms with Crippen LogP contribution in [0, 0.1) is 5.82 Å². The molecule has 2 aromatic rings. The lowest BCUT2D eigenvalue weighted by Crippen LogP contribution is -2.03. The van der Waals surface area contributed by atoms with E-state index < -0.39 is 0 Å². The van der Waals surface area contributed by atoms with Crippen LogP contribution in [-0.4, -0.2) is 20.2 Å². The van der Waals surface area contributed by atoms with E-state index in [2.05, 4.69) is 22.4 Å². The number of benzene rings is 1. The number of hydrogen-bond donors (Lipinski definition) is 1. The van der Waals surface area contributed by atoms with E-state index in [1.807, 2.05) is 0 Å². The minimum Gasteiger partial charge on any atom is -0.399 e. The van der Waals surface area contributed by atoms with E-state index in [4.69, 9.17) is 5.73 Å². The second kappa shape index (κ2) is 6.26. The summed E-state index contributed by atoms with van der Waals surface area (Å²) in [7, 11) is 0. The van der Waals surface area contributed by atoms with Crippen molar-refractivity contribution in [2.75, 3.05) is 5.73 Å². The van der Waals surface area contributed by atoms with Crippen LogP contribution in [-0.2, 0) is 6.54 Å². The Morgan fingerprint density at radius 2 is 2.05 bits per heavy atom. The molecule has 0 bridgehead atoms. The van der Waals surface area contributed by atoms with Crippen LogP contribution in [0.2, 0.25) is 0 Å². The van der Waals surface area contributed by atoms with Crippen LogP contribution in [0.5, 0.6) is 0 Å². The Kier molecular flexibility index (Phi) is 4.43. The lowest BCUT2D eigenvalue weighted by Gasteiger charge is -2.05. The number of halogens is 1. The van der Waals surface area contributed by atoms with Gasteiger partial charge in [0.25, 0.3) is 0 Å². The highest BCUT2D eigenvalue weighted by Gasteiger charge is 2.10. The predicted molar refractivity (Wildman–Crippen MR) is 71.8 cm³/mol. The molecule has 6 heteroatoms. The van der Waals surface area contributed by atoms with Crippen molar-refractivity contribution in [1.82, 2.24) is 20.2 Å². The van der Waals surface area contributed by atoms with Gasteiger partial charge in [0.05, 0.1) is 0 Å². The fourth-order valence-electron chi connectivity index (χ4n) is 1.99. The van der Waals surface area contributed by atoms with Crippen LogP contribution < -0.4 is 5.73 Å². The number of tetrazole rings is 1. The van der Waals surface area contributed by atoms with Gasteiger partial charge in [0.15, 0.2) is 5.82 Å². The molecule has 1 aromatic carbocycles. The number of anilines is 1. The number of unbranched alkanes of at least 4 members (excludes halogenated alkanes) is 3. The summed E-state index contributed by atoms with van der Waals surface area (Å²) in [6, 6.07) is 4.35. The summed E-state index contributed by atoms with van der Waals surface area (Å²) in [5.74, 6) is 0.179. The Bertz CT molecular complexity index is 517. The molecule has 0 atom stereocenters. The summed E-state index contributed by atoms with van der Waals surface area (Å²) >= 11 is 0. The quantitative estimate of drug-likeness (QED) is 0.642. The van der Waals surface area contributed by atoms with Gasteiger partial charge in [0, 0.05) is 17.8 Å². The van der Waals surface area contributed by atoms with E-state index in [9.17, 15) is 4.39 Å². The molecule has 0 unspecified atom stereocenters. The number of hydrogen-bond acceptors (Lipinski definition) is 4. The highest BCUT2D eigenvalue weighted by molar-refractivity contribution is 5.61. The molecule has 2 rings (SSSR count). The first-order valence-electron chi connectivity index (χ1n) is 6.53. The molecule has 0 saturated heterocycles. The molecule has 0 fully saturated rings. The van der Waals surface area contributed by atoms with Crippen LogP contribution in [0.4, 0.5) is 10.1 Å². The lowest BCUT2D eigenvalue weighted by molar-refractivity contribution is 0.531. The van der Waals surface area contributed by atoms with Crippen molar-refractivity contribution in [2.45, 2.75) is 39.2 Å². The maximum Gasteiger partial charge on any atom is 0.182 e. The maximum absolute atomic E-state index is 13.3. The van der Waals surface area contributed by atoms with Crippen molar-refractivity contribution < 1.29 is 4.39 Å². The number of aryl methyl sites for hydroxylation is 1. The summed E-state index contributed by atoms with van der Waals surface area (Å²) in [5, 5.41) is 11.5. The van der Waals surface area contributed by atoms with Gasteiger partial charge < -0.3 is 5.73 Å². The molecule has 0 amide bonds. The first-order valence-corrected chi connectivity index (χ1v) is 6.53. The fourth-order valence-corrected chi connectivity index (χ4v) is 1.99. The van der Waals surface area contributed by atoms with Gasteiger partial charge in [-0.3, -0.25) is 0 Å². The molecule has 1 aromatic heterocycles. The third-order valence-electron chi connectivity index (χ3n) is 2.93. The third-order valence-corrected chi connectivity index (χ3v) is 2.93. The molecule has 102 valence electrons. The molecular formula is C13H18FN5. The zero-order valence-electron chi connectivity index (χ0n) is 11.0. The number of rotatable bonds is 6. The van der Waals surface area contributed by atoms with Gasteiger partial charge in [-0.15, -0.1) is 5.10 Å². The Labute approximate surface area is 111 Å². The molecule has 5 nitrogen and oxygen atoms in total. The van der Waals surface area contributed by atoms with E-state index >= 15 is 0 Å². The molecule has 0 aliphatic carbocycles. The highest BCUT2D eigenvalue weighted by atomic mass is 19.1. The largest absolute Gasteiger partial charge is 0.399 e. The zero-order chi connectivity index (χ0) is 13.7. The molecule has 0 aliphatic rings. The summed E-state index contributed by atoms with van der Waals surface area (Å²) in [5.41, 5.74) is 6.62. The average Bonchev–Trinajstić information content (AvgIpc) is 2.82. The predicted octanol–water partition coefficient (Wildman–Crippen LogP) is 2.64. The number of nitrogen functional groups attached to an aromatic ring is 1. The lowest BCUT2D eigenvalue weighted by atomic mass is 10.1. The first-order chi connectivity index (χ1) is 9.20. The standard InChI is InChI=1S/C13H18FN5/c1-2-3-4-5-6-19-13(16-17-18-19)10-7-11(14)9-12(15)8-10/h7-9H,2-6,15H2,1H3. The maximum atomic E-state index is 13.3. The van der Waals surface area contributed by atoms with E-state index in [1.165, 1.54) is 25.0 Å². The Morgan fingerprint density at radius 3 is 2.79 bits per heavy atom. The molecule has 0 spiro atoms. The van der Waals surface area contributed by atoms with E-state index in [0.717, 1.165) is 19.4 Å². The first kappa shape index (κ1) is 13.5. The number of nitrogens with two attached hydrogens (primary N) is 1. The van der Waals surface area contributed by atoms with Gasteiger partial charge in [0.1, 0.15) is 5.82 Å². The third kappa shape index (κ3) is 3.49. The molecular weight excluding hydrogens is 245 g/mol. The molecule has 1 heterocycles. The molecule has 0 radical (unpaired) electrons. The van der Waals surface area contributed by atoms with E-state index in [0.29, 0.717) is 17.1 Å². The van der Waals surface area contributed by atoms with Gasteiger partial charge in [-0.2, -0.15) is 0 Å². The minimum absolute atomic E-state index is 0.371. The number of nitrogens with zero attached hydrogens (tertiary/aromatic N) is 4. The van der Waals surface area contributed by atoms with Crippen molar-refractivity contribution in [1.29, 1.82) is 0 Å². The van der Waals surface area contributed by atoms with Crippen LogP contribution in [0.25, 0.3) is 11.4 Å². The Hall–Kier alpha value is -1.98. The number of aromatic nitrogens is 4. The Balaban J connectivity index is 2.14. The Morgan fingerprint density at radius 1 is 1.21 bits per heavy atom. The van der Waals surface area contributed by atoms with Crippen LogP contribution in [0.1, 0.15) is 32.6 Å². The van der Waals surface area contributed by atoms with Crippen molar-refractivity contribution in [3.05, 3.63) is 24.0 Å². The molecule has 2 N–H and O–H groups in total. The van der Waals surface area contributed by atoms with E-state index in [1.54, 1.807) is 10.7 Å². The monoisotopic (exact) mass is 263 g/mol. The summed E-state index contributed by atoms with van der Waals surface area (Å²) < 4.78 is 15.0. The summed E-state index contributed by atoms with van der Waals surface area (Å²) in [6.45, 7) is 2.90. The van der Waals surface area contributed by atoms with Gasteiger partial charge in [-0.1, -0.05) is 26.2 Å². The summed E-state index contributed by atoms with van der Waals surface area (Å²) in [4.78, 5) is 0. The fraction of sp³-hybridized carbons (Fsp3) is 0.462. The van der Waals surface area contributed by atoms with Gasteiger partial charge >= 0.3 is 0 Å².